The van der Waals surface area contributed by atoms with Crippen LogP contribution in [-0.2, 0) is 13.1 Å². The molecule has 4 aromatic carbocycles. The van der Waals surface area contributed by atoms with Gasteiger partial charge in [0.2, 0.25) is 0 Å². The maximum Gasteiger partial charge on any atom is 0.255 e. The van der Waals surface area contributed by atoms with Crippen LogP contribution in [0.1, 0.15) is 34.3 Å². The molecule has 0 spiro atoms. The van der Waals surface area contributed by atoms with E-state index in [1.54, 1.807) is 13.2 Å². The van der Waals surface area contributed by atoms with Gasteiger partial charge in [0.25, 0.3) is 5.91 Å². The third-order valence-corrected chi connectivity index (χ3v) is 7.80. The molecule has 1 N–H and O–H groups in total. The van der Waals surface area contributed by atoms with Crippen LogP contribution < -0.4 is 9.64 Å². The van der Waals surface area contributed by atoms with E-state index >= 15 is 0 Å². The minimum absolute atomic E-state index is 0.0863. The number of aliphatic hydroxyl groups is 1. The monoisotopic (exact) mass is 549 g/mol. The third kappa shape index (κ3) is 5.72. The molecular weight excluding hydrogens is 517 g/mol. The van der Waals surface area contributed by atoms with E-state index in [9.17, 15) is 14.3 Å². The van der Waals surface area contributed by atoms with Crippen LogP contribution in [0.15, 0.2) is 91.0 Å². The average molecular weight is 550 g/mol. The second-order valence-corrected chi connectivity index (χ2v) is 10.6. The van der Waals surface area contributed by atoms with Crippen LogP contribution in [0, 0.1) is 5.82 Å². The van der Waals surface area contributed by atoms with Gasteiger partial charge in [-0.1, -0.05) is 48.5 Å². The van der Waals surface area contributed by atoms with Gasteiger partial charge in [-0.2, -0.15) is 0 Å². The number of hydrogen-bond acceptors (Lipinski definition) is 5. The zero-order valence-electron chi connectivity index (χ0n) is 23.0. The van der Waals surface area contributed by atoms with Crippen molar-refractivity contribution < 1.29 is 19.0 Å². The fourth-order valence-corrected chi connectivity index (χ4v) is 5.58. The van der Waals surface area contributed by atoms with Crippen LogP contribution in [0.4, 0.5) is 10.2 Å². The van der Waals surface area contributed by atoms with Gasteiger partial charge in [-0.15, -0.1) is 0 Å². The zero-order valence-corrected chi connectivity index (χ0v) is 23.0. The molecule has 7 heteroatoms. The predicted octanol–water partition coefficient (Wildman–Crippen LogP) is 6.34. The molecule has 1 aliphatic rings. The topological polar surface area (TPSA) is 65.9 Å². The lowest BCUT2D eigenvalue weighted by Crippen LogP contribution is -2.38. The smallest absolute Gasteiger partial charge is 0.255 e. The van der Waals surface area contributed by atoms with Gasteiger partial charge in [0.1, 0.15) is 17.4 Å². The highest BCUT2D eigenvalue weighted by Gasteiger charge is 2.25. The van der Waals surface area contributed by atoms with Crippen molar-refractivity contribution in [1.29, 1.82) is 0 Å². The molecular formula is C34H32FN3O3. The lowest BCUT2D eigenvalue weighted by molar-refractivity contribution is 0.0732. The van der Waals surface area contributed by atoms with Crippen LogP contribution in [0.5, 0.6) is 5.75 Å². The van der Waals surface area contributed by atoms with E-state index in [0.717, 1.165) is 38.9 Å². The Kier molecular flexibility index (Phi) is 7.53. The Morgan fingerprint density at radius 2 is 1.71 bits per heavy atom. The summed E-state index contributed by atoms with van der Waals surface area (Å²) in [5.41, 5.74) is 3.05. The summed E-state index contributed by atoms with van der Waals surface area (Å²) in [6, 6.07) is 28.0. The number of aromatic nitrogens is 1. The van der Waals surface area contributed by atoms with Crippen molar-refractivity contribution in [3.05, 3.63) is 114 Å². The Morgan fingerprint density at radius 1 is 0.951 bits per heavy atom. The fraction of sp³-hybridized carbons (Fsp3) is 0.235. The number of piperidine rings is 1. The summed E-state index contributed by atoms with van der Waals surface area (Å²) >= 11 is 0. The number of carbonyl (C=O) groups is 1. The molecule has 1 aromatic heterocycles. The quantitative estimate of drug-likeness (QED) is 0.257. The average Bonchev–Trinajstić information content (AvgIpc) is 3.00. The first-order chi connectivity index (χ1) is 20.0. The summed E-state index contributed by atoms with van der Waals surface area (Å²) < 4.78 is 19.5. The Morgan fingerprint density at radius 3 is 2.49 bits per heavy atom. The van der Waals surface area contributed by atoms with Crippen molar-refractivity contribution in [3.63, 3.8) is 0 Å². The van der Waals surface area contributed by atoms with Crippen molar-refractivity contribution in [2.24, 2.45) is 0 Å². The van der Waals surface area contributed by atoms with Gasteiger partial charge in [0.15, 0.2) is 0 Å². The minimum atomic E-state index is -0.343. The minimum Gasteiger partial charge on any atom is -0.497 e. The summed E-state index contributed by atoms with van der Waals surface area (Å²) in [7, 11) is 1.63. The predicted molar refractivity (Wildman–Crippen MR) is 160 cm³/mol. The number of aliphatic hydroxyl groups excluding tert-OH is 1. The molecule has 41 heavy (non-hydrogen) atoms. The molecule has 208 valence electrons. The first kappa shape index (κ1) is 26.7. The summed E-state index contributed by atoms with van der Waals surface area (Å²) in [6.45, 7) is 1.96. The molecule has 6 rings (SSSR count). The summed E-state index contributed by atoms with van der Waals surface area (Å²) in [6.07, 6.45) is 0.923. The number of anilines is 1. The number of carbonyl (C=O) groups excluding carboxylic acids is 1. The van der Waals surface area contributed by atoms with Gasteiger partial charge in [0.05, 0.1) is 18.7 Å². The molecule has 0 unspecified atom stereocenters. The van der Waals surface area contributed by atoms with E-state index in [1.165, 1.54) is 12.1 Å². The molecule has 0 radical (unpaired) electrons. The highest BCUT2D eigenvalue weighted by molar-refractivity contribution is 6.07. The van der Waals surface area contributed by atoms with Gasteiger partial charge < -0.3 is 19.6 Å². The van der Waals surface area contributed by atoms with Crippen LogP contribution in [0.2, 0.25) is 0 Å². The number of ether oxygens (including phenoxy) is 1. The second kappa shape index (κ2) is 11.6. The molecule has 1 fully saturated rings. The van der Waals surface area contributed by atoms with E-state index in [0.29, 0.717) is 50.1 Å². The van der Waals surface area contributed by atoms with E-state index in [1.807, 2.05) is 77.7 Å². The van der Waals surface area contributed by atoms with E-state index < -0.39 is 0 Å². The number of hydrogen-bond donors (Lipinski definition) is 1. The summed E-state index contributed by atoms with van der Waals surface area (Å²) in [4.78, 5) is 23.2. The molecule has 0 saturated carbocycles. The van der Waals surface area contributed by atoms with Gasteiger partial charge in [0, 0.05) is 48.8 Å². The SMILES string of the molecule is COc1ccc(CN(Cc2cc3ccc(F)cc3nc2N2CCC(O)CC2)C(=O)c2cccc3ccccc23)cc1. The highest BCUT2D eigenvalue weighted by atomic mass is 19.1. The standard InChI is InChI=1S/C34H32FN3O3/c1-41-29-13-9-23(10-14-29)21-38(34(40)31-8-4-6-24-5-2-3-7-30(24)31)22-26-19-25-11-12-27(35)20-32(25)36-33(26)37-17-15-28(39)16-18-37/h2-14,19-20,28,39H,15-18,21-22H2,1H3. The summed E-state index contributed by atoms with van der Waals surface area (Å²) in [5, 5.41) is 12.8. The molecule has 1 saturated heterocycles. The van der Waals surface area contributed by atoms with Gasteiger partial charge in [-0.05, 0) is 65.6 Å². The Balaban J connectivity index is 1.43. The van der Waals surface area contributed by atoms with Gasteiger partial charge >= 0.3 is 0 Å². The van der Waals surface area contributed by atoms with Gasteiger partial charge in [-0.25, -0.2) is 9.37 Å². The van der Waals surface area contributed by atoms with E-state index in [4.69, 9.17) is 9.72 Å². The third-order valence-electron chi connectivity index (χ3n) is 7.80. The number of fused-ring (bicyclic) bond motifs is 2. The molecule has 0 atom stereocenters. The van der Waals surface area contributed by atoms with Crippen molar-refractivity contribution in [1.82, 2.24) is 9.88 Å². The highest BCUT2D eigenvalue weighted by Crippen LogP contribution is 2.30. The molecule has 1 amide bonds. The molecule has 5 aromatic rings. The van der Waals surface area contributed by atoms with Crippen molar-refractivity contribution in [3.8, 4) is 5.75 Å². The van der Waals surface area contributed by atoms with Crippen molar-refractivity contribution in [2.75, 3.05) is 25.1 Å². The number of benzene rings is 4. The first-order valence-electron chi connectivity index (χ1n) is 13.9. The zero-order chi connectivity index (χ0) is 28.3. The van der Waals surface area contributed by atoms with E-state index in [2.05, 4.69) is 4.90 Å². The Bertz CT molecular complexity index is 1690. The number of amides is 1. The molecule has 1 aliphatic heterocycles. The molecule has 2 heterocycles. The number of pyridine rings is 1. The maximum absolute atomic E-state index is 14.3. The van der Waals surface area contributed by atoms with Crippen molar-refractivity contribution in [2.45, 2.75) is 32.0 Å². The van der Waals surface area contributed by atoms with Crippen molar-refractivity contribution >= 4 is 33.4 Å². The van der Waals surface area contributed by atoms with Crippen LogP contribution in [0.3, 0.4) is 0 Å². The molecule has 6 nitrogen and oxygen atoms in total. The maximum atomic E-state index is 14.3. The normalized spacial score (nSPS) is 14.0. The Hall–Kier alpha value is -4.49. The number of methoxy groups -OCH3 is 1. The van der Waals surface area contributed by atoms with Crippen LogP contribution in [-0.4, -0.2) is 47.2 Å². The van der Waals surface area contributed by atoms with Crippen LogP contribution in [0.25, 0.3) is 21.7 Å². The number of rotatable bonds is 7. The van der Waals surface area contributed by atoms with E-state index in [-0.39, 0.29) is 17.8 Å². The fourth-order valence-electron chi connectivity index (χ4n) is 5.58. The summed E-state index contributed by atoms with van der Waals surface area (Å²) in [5.74, 6) is 1.04. The number of halogens is 1. The van der Waals surface area contributed by atoms with Gasteiger partial charge in [-0.3, -0.25) is 4.79 Å². The molecule has 0 aliphatic carbocycles. The molecule has 0 bridgehead atoms. The lowest BCUT2D eigenvalue weighted by atomic mass is 10.0. The second-order valence-electron chi connectivity index (χ2n) is 10.6. The number of nitrogens with zero attached hydrogens (tertiary/aromatic N) is 3. The largest absolute Gasteiger partial charge is 0.497 e. The Labute approximate surface area is 238 Å². The first-order valence-corrected chi connectivity index (χ1v) is 13.9. The lowest BCUT2D eigenvalue weighted by Gasteiger charge is -2.33. The van der Waals surface area contributed by atoms with Crippen LogP contribution >= 0.6 is 0 Å².